The van der Waals surface area contributed by atoms with Crippen molar-refractivity contribution >= 4 is 11.3 Å². The largest absolute Gasteiger partial charge is 0.485 e. The fourth-order valence-corrected chi connectivity index (χ4v) is 6.47. The monoisotopic (exact) mass is 460 g/mol. The van der Waals surface area contributed by atoms with Crippen molar-refractivity contribution in [2.24, 2.45) is 5.73 Å². The summed E-state index contributed by atoms with van der Waals surface area (Å²) in [5, 5.41) is 0. The molecule has 0 fully saturated rings. The topological polar surface area (TPSA) is 38.5 Å². The number of allylic oxidation sites excluding steroid dienone is 3. The van der Waals surface area contributed by atoms with E-state index < -0.39 is 0 Å². The van der Waals surface area contributed by atoms with Crippen molar-refractivity contribution in [3.05, 3.63) is 101 Å². The number of hydrogen-bond acceptors (Lipinski definition) is 3. The van der Waals surface area contributed by atoms with Crippen molar-refractivity contribution in [3.63, 3.8) is 0 Å². The summed E-state index contributed by atoms with van der Waals surface area (Å²) in [6, 6.07) is 15.7. The van der Waals surface area contributed by atoms with Crippen LogP contribution in [0.4, 0.5) is 5.69 Å². The van der Waals surface area contributed by atoms with E-state index >= 15 is 0 Å². The molecule has 3 heteroatoms. The minimum absolute atomic E-state index is 0.00484. The first kappa shape index (κ1) is 22.0. The van der Waals surface area contributed by atoms with Gasteiger partial charge in [-0.1, -0.05) is 73.5 Å². The molecule has 2 aromatic carbocycles. The summed E-state index contributed by atoms with van der Waals surface area (Å²) in [5.74, 6) is 3.79. The van der Waals surface area contributed by atoms with Crippen LogP contribution in [0, 0.1) is 12.3 Å². The van der Waals surface area contributed by atoms with Gasteiger partial charge in [0, 0.05) is 51.5 Å². The number of ether oxygens (including phenoxy) is 1. The molecule has 2 aliphatic carbocycles. The maximum Gasteiger partial charge on any atom is 0.131 e. The van der Waals surface area contributed by atoms with Crippen LogP contribution in [0.3, 0.4) is 0 Å². The molecule has 2 N–H and O–H groups in total. The first-order valence-electron chi connectivity index (χ1n) is 12.7. The number of benzene rings is 2. The number of hydrogen-bond donors (Lipinski definition) is 1. The molecule has 5 atom stereocenters. The van der Waals surface area contributed by atoms with E-state index in [1.165, 1.54) is 28.1 Å². The Labute approximate surface area is 208 Å². The zero-order valence-electron chi connectivity index (χ0n) is 20.4. The lowest BCUT2D eigenvalue weighted by Gasteiger charge is -2.40. The standard InChI is InChI=1S/C32H32N2O/c1-4-5-15-29-21(2)23-11-10-12-24(31(23)35-29)25-20-22(33)17-18-27(25)34-28-14-7-6-13-26(28)32(3)19-9-8-16-30(32)34/h1,5-7,9-15,18-22,29-30H,8,16-17,33H2,2-3H3/b15-5-. The molecule has 5 unspecified atom stereocenters. The Bertz CT molecular complexity index is 1340. The van der Waals surface area contributed by atoms with Crippen molar-refractivity contribution in [2.45, 2.75) is 62.6 Å². The van der Waals surface area contributed by atoms with Gasteiger partial charge in [0.1, 0.15) is 11.9 Å². The van der Waals surface area contributed by atoms with Crippen molar-refractivity contribution in [2.75, 3.05) is 4.90 Å². The third kappa shape index (κ3) is 3.32. The van der Waals surface area contributed by atoms with Crippen molar-refractivity contribution in [3.8, 4) is 18.1 Å². The number of anilines is 1. The first-order valence-corrected chi connectivity index (χ1v) is 12.7. The number of fused-ring (bicyclic) bond motifs is 4. The van der Waals surface area contributed by atoms with E-state index in [0.29, 0.717) is 6.04 Å². The van der Waals surface area contributed by atoms with E-state index in [0.717, 1.165) is 30.6 Å². The van der Waals surface area contributed by atoms with Crippen LogP contribution in [0.2, 0.25) is 0 Å². The molecular weight excluding hydrogens is 428 g/mol. The molecule has 0 aromatic heterocycles. The van der Waals surface area contributed by atoms with Crippen LogP contribution in [0.25, 0.3) is 5.57 Å². The summed E-state index contributed by atoms with van der Waals surface area (Å²) in [6.45, 7) is 4.59. The predicted octanol–water partition coefficient (Wildman–Crippen LogP) is 6.24. The molecular formula is C32H32N2O. The van der Waals surface area contributed by atoms with Crippen molar-refractivity contribution in [1.29, 1.82) is 0 Å². The summed E-state index contributed by atoms with van der Waals surface area (Å²) >= 11 is 0. The van der Waals surface area contributed by atoms with Crippen LogP contribution in [0.15, 0.2) is 84.6 Å². The molecule has 0 saturated carbocycles. The number of terminal acetylenes is 1. The Morgan fingerprint density at radius 1 is 1.20 bits per heavy atom. The molecule has 35 heavy (non-hydrogen) atoms. The summed E-state index contributed by atoms with van der Waals surface area (Å²) in [4.78, 5) is 2.59. The molecule has 0 spiro atoms. The van der Waals surface area contributed by atoms with Gasteiger partial charge in [-0.15, -0.1) is 6.42 Å². The summed E-state index contributed by atoms with van der Waals surface area (Å²) in [5.41, 5.74) is 14.0. The maximum atomic E-state index is 6.53. The van der Waals surface area contributed by atoms with Gasteiger partial charge in [0.05, 0.1) is 0 Å². The first-order chi connectivity index (χ1) is 17.0. The average Bonchev–Trinajstić information content (AvgIpc) is 3.34. The highest BCUT2D eigenvalue weighted by molar-refractivity contribution is 5.90. The van der Waals surface area contributed by atoms with Crippen LogP contribution in [0.1, 0.15) is 55.7 Å². The van der Waals surface area contributed by atoms with Crippen molar-refractivity contribution < 1.29 is 4.74 Å². The second-order valence-electron chi connectivity index (χ2n) is 10.4. The molecule has 2 aliphatic heterocycles. The number of rotatable bonds is 3. The number of nitrogens with two attached hydrogens (primary N) is 1. The smallest absolute Gasteiger partial charge is 0.131 e. The molecule has 2 heterocycles. The van der Waals surface area contributed by atoms with E-state index in [4.69, 9.17) is 16.9 Å². The van der Waals surface area contributed by atoms with Gasteiger partial charge in [0.15, 0.2) is 0 Å². The van der Waals surface area contributed by atoms with Gasteiger partial charge in [-0.25, -0.2) is 0 Å². The zero-order chi connectivity index (χ0) is 24.2. The Morgan fingerprint density at radius 2 is 2.06 bits per heavy atom. The van der Waals surface area contributed by atoms with Gasteiger partial charge in [-0.05, 0) is 50.0 Å². The van der Waals surface area contributed by atoms with E-state index in [9.17, 15) is 0 Å². The van der Waals surface area contributed by atoms with E-state index in [1.807, 2.05) is 6.08 Å². The fourth-order valence-electron chi connectivity index (χ4n) is 6.47. The molecule has 0 bridgehead atoms. The molecule has 176 valence electrons. The third-order valence-electron chi connectivity index (χ3n) is 8.27. The zero-order valence-corrected chi connectivity index (χ0v) is 20.4. The van der Waals surface area contributed by atoms with E-state index in [2.05, 4.69) is 91.4 Å². The highest BCUT2D eigenvalue weighted by atomic mass is 16.5. The molecule has 0 radical (unpaired) electrons. The average molecular weight is 461 g/mol. The van der Waals surface area contributed by atoms with Gasteiger partial charge < -0.3 is 15.4 Å². The minimum Gasteiger partial charge on any atom is -0.485 e. The van der Waals surface area contributed by atoms with Crippen LogP contribution < -0.4 is 15.4 Å². The van der Waals surface area contributed by atoms with Gasteiger partial charge in [-0.3, -0.25) is 0 Å². The van der Waals surface area contributed by atoms with Gasteiger partial charge >= 0.3 is 0 Å². The summed E-state index contributed by atoms with van der Waals surface area (Å²) < 4.78 is 6.53. The molecule has 0 amide bonds. The highest BCUT2D eigenvalue weighted by Gasteiger charge is 2.48. The van der Waals surface area contributed by atoms with Crippen LogP contribution >= 0.6 is 0 Å². The van der Waals surface area contributed by atoms with Gasteiger partial charge in [0.25, 0.3) is 0 Å². The summed E-state index contributed by atoms with van der Waals surface area (Å²) in [7, 11) is 0. The second kappa shape index (κ2) is 8.33. The van der Waals surface area contributed by atoms with E-state index in [1.54, 1.807) is 6.08 Å². The second-order valence-corrected chi connectivity index (χ2v) is 10.4. The Morgan fingerprint density at radius 3 is 2.91 bits per heavy atom. The predicted molar refractivity (Wildman–Crippen MR) is 144 cm³/mol. The Hall–Kier alpha value is -3.48. The SMILES string of the molecule is C#C/C=C\C1Oc2c(C3=CC(N)CC=C3N3c4ccccc4C4(C)C=CCCC34)cccc2C1C. The van der Waals surface area contributed by atoms with Gasteiger partial charge in [0.2, 0.25) is 0 Å². The van der Waals surface area contributed by atoms with Gasteiger partial charge in [-0.2, -0.15) is 0 Å². The lowest BCUT2D eigenvalue weighted by molar-refractivity contribution is 0.261. The van der Waals surface area contributed by atoms with Crippen LogP contribution in [-0.4, -0.2) is 18.2 Å². The molecule has 4 aliphatic rings. The lowest BCUT2D eigenvalue weighted by Crippen LogP contribution is -2.43. The Kier molecular flexibility index (Phi) is 5.24. The maximum absolute atomic E-state index is 6.53. The third-order valence-corrected chi connectivity index (χ3v) is 8.27. The molecule has 6 rings (SSSR count). The number of para-hydroxylation sites is 2. The van der Waals surface area contributed by atoms with E-state index in [-0.39, 0.29) is 23.5 Å². The molecule has 3 nitrogen and oxygen atoms in total. The highest BCUT2D eigenvalue weighted by Crippen LogP contribution is 2.54. The minimum atomic E-state index is -0.0632. The van der Waals surface area contributed by atoms with Crippen LogP contribution in [-0.2, 0) is 5.41 Å². The normalized spacial score (nSPS) is 30.7. The lowest BCUT2D eigenvalue weighted by atomic mass is 9.73. The molecule has 2 aromatic rings. The molecule has 0 saturated heterocycles. The Balaban J connectivity index is 1.47. The van der Waals surface area contributed by atoms with Crippen molar-refractivity contribution in [1.82, 2.24) is 0 Å². The fraction of sp³-hybridized carbons (Fsp3) is 0.312. The van der Waals surface area contributed by atoms with Crippen LogP contribution in [0.5, 0.6) is 5.75 Å². The summed E-state index contributed by atoms with van der Waals surface area (Å²) in [6.07, 6.45) is 21.5. The number of nitrogens with zero attached hydrogens (tertiary/aromatic N) is 1. The quantitative estimate of drug-likeness (QED) is 0.436.